The van der Waals surface area contributed by atoms with Gasteiger partial charge in [-0.1, -0.05) is 12.1 Å². The van der Waals surface area contributed by atoms with Crippen LogP contribution in [0.2, 0.25) is 0 Å². The van der Waals surface area contributed by atoms with E-state index in [2.05, 4.69) is 9.97 Å². The van der Waals surface area contributed by atoms with Crippen LogP contribution in [0.1, 0.15) is 5.01 Å². The zero-order valence-corrected chi connectivity index (χ0v) is 10.2. The lowest BCUT2D eigenvalue weighted by atomic mass is 10.3. The van der Waals surface area contributed by atoms with Crippen LogP contribution in [0.25, 0.3) is 10.2 Å². The highest BCUT2D eigenvalue weighted by atomic mass is 32.1. The molecular weight excluding hydrogens is 251 g/mol. The third-order valence-electron chi connectivity index (χ3n) is 2.41. The van der Waals surface area contributed by atoms with Crippen LogP contribution in [0.4, 0.5) is 4.39 Å². The van der Waals surface area contributed by atoms with Gasteiger partial charge < -0.3 is 4.74 Å². The number of rotatable bonds is 3. The first kappa shape index (κ1) is 11.1. The van der Waals surface area contributed by atoms with E-state index < -0.39 is 5.95 Å². The smallest absolute Gasteiger partial charge is 0.255 e. The highest BCUT2D eigenvalue weighted by molar-refractivity contribution is 7.18. The number of aromatic nitrogens is 2. The Balaban J connectivity index is 1.79. The fourth-order valence-corrected chi connectivity index (χ4v) is 2.48. The van der Waals surface area contributed by atoms with E-state index in [4.69, 9.17) is 4.74 Å². The number of thiazole rings is 1. The minimum atomic E-state index is -0.599. The number of benzene rings is 1. The lowest BCUT2D eigenvalue weighted by molar-refractivity contribution is 0.285. The Labute approximate surface area is 107 Å². The van der Waals surface area contributed by atoms with Gasteiger partial charge in [-0.15, -0.1) is 11.3 Å². The number of fused-ring (bicyclic) bond motifs is 1. The van der Waals surface area contributed by atoms with Crippen LogP contribution >= 0.6 is 11.3 Å². The third-order valence-corrected chi connectivity index (χ3v) is 3.42. The molecule has 0 N–H and O–H groups in total. The van der Waals surface area contributed by atoms with E-state index in [1.807, 2.05) is 24.3 Å². The molecule has 3 nitrogen and oxygen atoms in total. The molecule has 5 heteroatoms. The Kier molecular flexibility index (Phi) is 2.90. The predicted molar refractivity (Wildman–Crippen MR) is 68.1 cm³/mol. The zero-order valence-electron chi connectivity index (χ0n) is 9.34. The van der Waals surface area contributed by atoms with Gasteiger partial charge >= 0.3 is 0 Å². The van der Waals surface area contributed by atoms with Gasteiger partial charge in [-0.3, -0.25) is 0 Å². The zero-order chi connectivity index (χ0) is 12.4. The van der Waals surface area contributed by atoms with E-state index in [0.717, 1.165) is 15.2 Å². The summed E-state index contributed by atoms with van der Waals surface area (Å²) >= 11 is 1.54. The van der Waals surface area contributed by atoms with Crippen LogP contribution in [0.15, 0.2) is 42.6 Å². The molecule has 2 heterocycles. The molecular formula is C13H9FN2OS. The van der Waals surface area contributed by atoms with Crippen molar-refractivity contribution in [3.05, 3.63) is 53.6 Å². The molecule has 0 spiro atoms. The molecule has 2 aromatic heterocycles. The fourth-order valence-electron chi connectivity index (χ4n) is 1.60. The number of para-hydroxylation sites is 1. The Hall–Kier alpha value is -2.01. The molecule has 90 valence electrons. The SMILES string of the molecule is Fc1ncccc1OCc1nc2ccccc2s1. The van der Waals surface area contributed by atoms with Crippen LogP contribution in [0.5, 0.6) is 5.75 Å². The van der Waals surface area contributed by atoms with Crippen molar-refractivity contribution in [2.45, 2.75) is 6.61 Å². The fraction of sp³-hybridized carbons (Fsp3) is 0.0769. The molecule has 0 atom stereocenters. The summed E-state index contributed by atoms with van der Waals surface area (Å²) in [6, 6.07) is 11.0. The minimum absolute atomic E-state index is 0.150. The summed E-state index contributed by atoms with van der Waals surface area (Å²) < 4.78 is 19.7. The van der Waals surface area contributed by atoms with E-state index >= 15 is 0 Å². The molecule has 18 heavy (non-hydrogen) atoms. The Morgan fingerprint density at radius 1 is 1.17 bits per heavy atom. The molecule has 0 fully saturated rings. The predicted octanol–water partition coefficient (Wildman–Crippen LogP) is 3.41. The van der Waals surface area contributed by atoms with E-state index in [0.29, 0.717) is 0 Å². The number of hydrogen-bond acceptors (Lipinski definition) is 4. The molecule has 0 unspecified atom stereocenters. The molecule has 0 aliphatic carbocycles. The van der Waals surface area contributed by atoms with Gasteiger partial charge in [0.2, 0.25) is 0 Å². The average molecular weight is 260 g/mol. The van der Waals surface area contributed by atoms with Crippen molar-refractivity contribution >= 4 is 21.6 Å². The van der Waals surface area contributed by atoms with Crippen LogP contribution in [0, 0.1) is 5.95 Å². The molecule has 0 aliphatic rings. The maximum absolute atomic E-state index is 13.2. The first-order valence-electron chi connectivity index (χ1n) is 5.41. The lowest BCUT2D eigenvalue weighted by Crippen LogP contribution is -1.97. The summed E-state index contributed by atoms with van der Waals surface area (Å²) in [5, 5.41) is 0.819. The Morgan fingerprint density at radius 3 is 2.89 bits per heavy atom. The van der Waals surface area contributed by atoms with Crippen molar-refractivity contribution in [3.8, 4) is 5.75 Å². The maximum Gasteiger partial charge on any atom is 0.255 e. The molecule has 0 aliphatic heterocycles. The van der Waals surface area contributed by atoms with Crippen molar-refractivity contribution in [1.82, 2.24) is 9.97 Å². The van der Waals surface area contributed by atoms with Gasteiger partial charge in [-0.2, -0.15) is 4.39 Å². The average Bonchev–Trinajstić information content (AvgIpc) is 2.80. The second-order valence-electron chi connectivity index (χ2n) is 3.66. The highest BCUT2D eigenvalue weighted by Gasteiger charge is 2.06. The summed E-state index contributed by atoms with van der Waals surface area (Å²) in [6.45, 7) is 0.252. The highest BCUT2D eigenvalue weighted by Crippen LogP contribution is 2.23. The van der Waals surface area contributed by atoms with Crippen molar-refractivity contribution in [3.63, 3.8) is 0 Å². The van der Waals surface area contributed by atoms with Gasteiger partial charge in [-0.05, 0) is 24.3 Å². The second-order valence-corrected chi connectivity index (χ2v) is 4.77. The number of pyridine rings is 1. The van der Waals surface area contributed by atoms with Gasteiger partial charge in [0, 0.05) is 6.20 Å². The molecule has 0 amide bonds. The van der Waals surface area contributed by atoms with Crippen LogP contribution in [-0.2, 0) is 6.61 Å². The van der Waals surface area contributed by atoms with Gasteiger partial charge in [0.25, 0.3) is 5.95 Å². The van der Waals surface area contributed by atoms with Crippen molar-refractivity contribution in [2.75, 3.05) is 0 Å². The van der Waals surface area contributed by atoms with Crippen LogP contribution in [0.3, 0.4) is 0 Å². The topological polar surface area (TPSA) is 35.0 Å². The summed E-state index contributed by atoms with van der Waals surface area (Å²) in [4.78, 5) is 7.93. The third kappa shape index (κ3) is 2.17. The number of halogens is 1. The van der Waals surface area contributed by atoms with Gasteiger partial charge in [-0.25, -0.2) is 9.97 Å². The van der Waals surface area contributed by atoms with Crippen LogP contribution < -0.4 is 4.74 Å². The molecule has 0 radical (unpaired) electrons. The largest absolute Gasteiger partial charge is 0.482 e. The normalized spacial score (nSPS) is 10.7. The van der Waals surface area contributed by atoms with E-state index in [1.165, 1.54) is 6.20 Å². The van der Waals surface area contributed by atoms with Crippen molar-refractivity contribution in [1.29, 1.82) is 0 Å². The maximum atomic E-state index is 13.2. The molecule has 3 rings (SSSR count). The summed E-state index contributed by atoms with van der Waals surface area (Å²) in [7, 11) is 0. The van der Waals surface area contributed by atoms with E-state index in [-0.39, 0.29) is 12.4 Å². The molecule has 0 saturated carbocycles. The monoisotopic (exact) mass is 260 g/mol. The molecule has 0 saturated heterocycles. The number of ether oxygens (including phenoxy) is 1. The lowest BCUT2D eigenvalue weighted by Gasteiger charge is -2.03. The molecule has 0 bridgehead atoms. The van der Waals surface area contributed by atoms with Crippen LogP contribution in [-0.4, -0.2) is 9.97 Å². The molecule has 1 aromatic carbocycles. The van der Waals surface area contributed by atoms with Gasteiger partial charge in [0.05, 0.1) is 10.2 Å². The minimum Gasteiger partial charge on any atom is -0.482 e. The summed E-state index contributed by atoms with van der Waals surface area (Å²) in [5.41, 5.74) is 0.938. The quantitative estimate of drug-likeness (QED) is 0.677. The van der Waals surface area contributed by atoms with E-state index in [9.17, 15) is 4.39 Å². The first-order valence-corrected chi connectivity index (χ1v) is 6.22. The number of hydrogen-bond donors (Lipinski definition) is 0. The van der Waals surface area contributed by atoms with E-state index in [1.54, 1.807) is 23.5 Å². The van der Waals surface area contributed by atoms with Crippen molar-refractivity contribution in [2.24, 2.45) is 0 Å². The number of nitrogens with zero attached hydrogens (tertiary/aromatic N) is 2. The van der Waals surface area contributed by atoms with Crippen molar-refractivity contribution < 1.29 is 9.13 Å². The standard InChI is InChI=1S/C13H9FN2OS/c14-13-10(5-3-7-15-13)17-8-12-16-9-4-1-2-6-11(9)18-12/h1-7H,8H2. The Morgan fingerprint density at radius 2 is 2.06 bits per heavy atom. The van der Waals surface area contributed by atoms with Gasteiger partial charge in [0.15, 0.2) is 5.75 Å². The Bertz CT molecular complexity index is 650. The summed E-state index contributed by atoms with van der Waals surface area (Å²) in [5.74, 6) is -0.449. The first-order chi connectivity index (χ1) is 8.83. The second kappa shape index (κ2) is 4.70. The summed E-state index contributed by atoms with van der Waals surface area (Å²) in [6.07, 6.45) is 1.39. The molecule has 3 aromatic rings. The van der Waals surface area contributed by atoms with Gasteiger partial charge in [0.1, 0.15) is 11.6 Å².